The Morgan fingerprint density at radius 1 is 1.12 bits per heavy atom. The Morgan fingerprint density at radius 2 is 1.79 bits per heavy atom. The van der Waals surface area contributed by atoms with Gasteiger partial charge in [0.25, 0.3) is 5.91 Å². The highest BCUT2D eigenvalue weighted by atomic mass is 19.1. The number of carbonyl (C=O) groups excluding carboxylic acids is 1. The zero-order valence-corrected chi connectivity index (χ0v) is 19.3. The van der Waals surface area contributed by atoms with Crippen LogP contribution in [0.15, 0.2) is 52.9 Å². The molecule has 0 spiro atoms. The summed E-state index contributed by atoms with van der Waals surface area (Å²) in [5, 5.41) is 17.5. The van der Waals surface area contributed by atoms with Crippen molar-refractivity contribution >= 4 is 22.8 Å². The number of fused-ring (bicyclic) bond motifs is 1. The lowest BCUT2D eigenvalue weighted by atomic mass is 9.86. The summed E-state index contributed by atoms with van der Waals surface area (Å²) in [5.74, 6) is -1.68. The summed E-state index contributed by atoms with van der Waals surface area (Å²) in [7, 11) is 0. The van der Waals surface area contributed by atoms with E-state index in [0.717, 1.165) is 11.1 Å². The van der Waals surface area contributed by atoms with Crippen molar-refractivity contribution in [2.24, 2.45) is 5.41 Å². The maximum atomic E-state index is 13.4. The molecule has 2 N–H and O–H groups in total. The lowest BCUT2D eigenvalue weighted by Crippen LogP contribution is -2.37. The highest BCUT2D eigenvalue weighted by Gasteiger charge is 2.34. The van der Waals surface area contributed by atoms with Crippen LogP contribution < -0.4 is 5.32 Å². The van der Waals surface area contributed by atoms with E-state index >= 15 is 0 Å². The molecule has 2 aromatic carbocycles. The van der Waals surface area contributed by atoms with Crippen LogP contribution in [-0.2, 0) is 6.54 Å². The number of halogens is 1. The molecule has 0 aliphatic heterocycles. The van der Waals surface area contributed by atoms with Gasteiger partial charge < -0.3 is 14.8 Å². The van der Waals surface area contributed by atoms with Crippen LogP contribution in [0.4, 0.5) is 4.39 Å². The maximum absolute atomic E-state index is 13.4. The molecule has 176 valence electrons. The number of para-hydroxylation sites is 1. The summed E-state index contributed by atoms with van der Waals surface area (Å²) < 4.78 is 20.6. The van der Waals surface area contributed by atoms with Gasteiger partial charge in [-0.05, 0) is 36.1 Å². The summed E-state index contributed by atoms with van der Waals surface area (Å²) in [6.07, 6.45) is 0. The summed E-state index contributed by atoms with van der Waals surface area (Å²) in [6.45, 7) is 7.55. The van der Waals surface area contributed by atoms with Crippen LogP contribution in [0.1, 0.15) is 65.0 Å². The molecule has 4 aromatic rings. The molecule has 2 aromatic heterocycles. The van der Waals surface area contributed by atoms with Crippen LogP contribution in [0.25, 0.3) is 10.9 Å². The number of nitrogens with one attached hydrogen (secondary N) is 1. The number of aromatic carboxylic acids is 1. The Balaban J connectivity index is 1.69. The molecule has 1 amide bonds. The standard InChI is InChI=1S/C25H25FN4O4/c1-14-19(24(32)33)27-23(34-14)21(25(2,3)4)28-22(31)20-17-7-5-6-8-18(17)30(29-20)13-15-9-11-16(26)12-10-15/h5-12,21H,13H2,1-4H3,(H,28,31)(H,32,33). The van der Waals surface area contributed by atoms with Crippen molar-refractivity contribution in [2.75, 3.05) is 0 Å². The number of oxazole rings is 1. The zero-order valence-electron chi connectivity index (χ0n) is 19.3. The van der Waals surface area contributed by atoms with Crippen molar-refractivity contribution in [1.29, 1.82) is 0 Å². The second-order valence-corrected chi connectivity index (χ2v) is 9.18. The number of carboxylic acid groups (broad SMARTS) is 1. The lowest BCUT2D eigenvalue weighted by Gasteiger charge is -2.28. The minimum Gasteiger partial charge on any atom is -0.476 e. The molecule has 4 rings (SSSR count). The first-order valence-corrected chi connectivity index (χ1v) is 10.8. The summed E-state index contributed by atoms with van der Waals surface area (Å²) >= 11 is 0. The Hall–Kier alpha value is -4.01. The van der Waals surface area contributed by atoms with Crippen molar-refractivity contribution in [3.8, 4) is 0 Å². The van der Waals surface area contributed by atoms with E-state index in [4.69, 9.17) is 4.42 Å². The molecule has 0 saturated heterocycles. The van der Waals surface area contributed by atoms with Gasteiger partial charge >= 0.3 is 5.97 Å². The van der Waals surface area contributed by atoms with Crippen molar-refractivity contribution in [1.82, 2.24) is 20.1 Å². The van der Waals surface area contributed by atoms with Crippen LogP contribution in [0.5, 0.6) is 0 Å². The number of hydrogen-bond acceptors (Lipinski definition) is 5. The molecular formula is C25H25FN4O4. The van der Waals surface area contributed by atoms with Gasteiger partial charge in [-0.15, -0.1) is 0 Å². The second kappa shape index (κ2) is 8.74. The highest BCUT2D eigenvalue weighted by molar-refractivity contribution is 6.05. The van der Waals surface area contributed by atoms with Gasteiger partial charge in [0.2, 0.25) is 5.89 Å². The number of carbonyl (C=O) groups is 2. The van der Waals surface area contributed by atoms with E-state index in [-0.39, 0.29) is 28.9 Å². The topological polar surface area (TPSA) is 110 Å². The van der Waals surface area contributed by atoms with Gasteiger partial charge in [0.05, 0.1) is 12.1 Å². The van der Waals surface area contributed by atoms with Crippen LogP contribution in [-0.4, -0.2) is 31.7 Å². The van der Waals surface area contributed by atoms with Crippen molar-refractivity contribution in [3.63, 3.8) is 0 Å². The molecule has 0 radical (unpaired) electrons. The van der Waals surface area contributed by atoms with E-state index in [1.807, 2.05) is 45.0 Å². The van der Waals surface area contributed by atoms with Crippen molar-refractivity contribution in [2.45, 2.75) is 40.3 Å². The van der Waals surface area contributed by atoms with Crippen LogP contribution in [0, 0.1) is 18.2 Å². The van der Waals surface area contributed by atoms with Gasteiger partial charge in [-0.2, -0.15) is 5.10 Å². The SMILES string of the molecule is Cc1oc(C(NC(=O)c2nn(Cc3ccc(F)cc3)c3ccccc23)C(C)(C)C)nc1C(=O)O. The third-order valence-electron chi connectivity index (χ3n) is 5.52. The Bertz CT molecular complexity index is 1370. The molecule has 0 bridgehead atoms. The Kier molecular flexibility index (Phi) is 5.95. The predicted octanol–water partition coefficient (Wildman–Crippen LogP) is 4.74. The number of aromatic nitrogens is 3. The van der Waals surface area contributed by atoms with E-state index < -0.39 is 23.3 Å². The largest absolute Gasteiger partial charge is 0.476 e. The van der Waals surface area contributed by atoms with E-state index in [9.17, 15) is 19.1 Å². The van der Waals surface area contributed by atoms with Gasteiger partial charge in [-0.3, -0.25) is 9.48 Å². The van der Waals surface area contributed by atoms with Gasteiger partial charge in [-0.1, -0.05) is 51.1 Å². The fraction of sp³-hybridized carbons (Fsp3) is 0.280. The zero-order chi connectivity index (χ0) is 24.6. The number of nitrogens with zero attached hydrogens (tertiary/aromatic N) is 3. The Morgan fingerprint density at radius 3 is 2.41 bits per heavy atom. The van der Waals surface area contributed by atoms with Crippen molar-refractivity contribution in [3.05, 3.63) is 83.0 Å². The van der Waals surface area contributed by atoms with Crippen LogP contribution in [0.2, 0.25) is 0 Å². The molecule has 1 atom stereocenters. The molecular weight excluding hydrogens is 439 g/mol. The second-order valence-electron chi connectivity index (χ2n) is 9.18. The average molecular weight is 464 g/mol. The third-order valence-corrected chi connectivity index (χ3v) is 5.52. The van der Waals surface area contributed by atoms with Gasteiger partial charge in [0.1, 0.15) is 17.6 Å². The van der Waals surface area contributed by atoms with Gasteiger partial charge in [-0.25, -0.2) is 14.2 Å². The van der Waals surface area contributed by atoms with Crippen LogP contribution >= 0.6 is 0 Å². The van der Waals surface area contributed by atoms with E-state index in [1.54, 1.807) is 16.8 Å². The summed E-state index contributed by atoms with van der Waals surface area (Å²) in [6, 6.07) is 12.8. The number of hydrogen-bond donors (Lipinski definition) is 2. The maximum Gasteiger partial charge on any atom is 0.358 e. The number of carboxylic acids is 1. The molecule has 0 fully saturated rings. The van der Waals surface area contributed by atoms with Crippen LogP contribution in [0.3, 0.4) is 0 Å². The van der Waals surface area contributed by atoms with E-state index in [0.29, 0.717) is 11.9 Å². The van der Waals surface area contributed by atoms with E-state index in [2.05, 4.69) is 15.4 Å². The average Bonchev–Trinajstić information content (AvgIpc) is 3.33. The number of rotatable bonds is 6. The Labute approximate surface area is 195 Å². The molecule has 0 saturated carbocycles. The molecule has 2 heterocycles. The monoisotopic (exact) mass is 464 g/mol. The highest BCUT2D eigenvalue weighted by Crippen LogP contribution is 2.34. The van der Waals surface area contributed by atoms with Gasteiger partial charge in [0, 0.05) is 5.39 Å². The summed E-state index contributed by atoms with van der Waals surface area (Å²) in [4.78, 5) is 28.9. The molecule has 0 aliphatic rings. The normalized spacial score (nSPS) is 12.6. The predicted molar refractivity (Wildman–Crippen MR) is 123 cm³/mol. The minimum absolute atomic E-state index is 0.116. The fourth-order valence-electron chi connectivity index (χ4n) is 3.77. The number of benzene rings is 2. The fourth-order valence-corrected chi connectivity index (χ4v) is 3.77. The number of aryl methyl sites for hydroxylation is 1. The van der Waals surface area contributed by atoms with Gasteiger partial charge in [0.15, 0.2) is 11.4 Å². The minimum atomic E-state index is -1.20. The molecule has 9 heteroatoms. The van der Waals surface area contributed by atoms with Crippen molar-refractivity contribution < 1.29 is 23.5 Å². The molecule has 8 nitrogen and oxygen atoms in total. The third kappa shape index (κ3) is 4.54. The summed E-state index contributed by atoms with van der Waals surface area (Å²) in [5.41, 5.74) is 1.09. The quantitative estimate of drug-likeness (QED) is 0.427. The molecule has 34 heavy (non-hydrogen) atoms. The molecule has 1 unspecified atom stereocenters. The molecule has 0 aliphatic carbocycles. The van der Waals surface area contributed by atoms with E-state index in [1.165, 1.54) is 19.1 Å². The first kappa shape index (κ1) is 23.2. The first-order valence-electron chi connectivity index (χ1n) is 10.8. The smallest absolute Gasteiger partial charge is 0.358 e. The first-order chi connectivity index (χ1) is 16.0. The number of amides is 1. The lowest BCUT2D eigenvalue weighted by molar-refractivity contribution is 0.0689.